The third-order valence-electron chi connectivity index (χ3n) is 2.90. The van der Waals surface area contributed by atoms with Crippen LogP contribution in [0.25, 0.3) is 0 Å². The molecule has 1 aliphatic heterocycles. The number of nitrogens with one attached hydrogen (secondary N) is 1. The van der Waals surface area contributed by atoms with Crippen LogP contribution in [0, 0.1) is 0 Å². The van der Waals surface area contributed by atoms with E-state index >= 15 is 0 Å². The van der Waals surface area contributed by atoms with Crippen LogP contribution in [-0.4, -0.2) is 54.7 Å². The molecule has 3 nitrogen and oxygen atoms in total. The van der Waals surface area contributed by atoms with E-state index in [0.29, 0.717) is 12.1 Å². The third-order valence-corrected chi connectivity index (χ3v) is 2.90. The number of hydrogen-bond donors (Lipinski definition) is 1. The molecule has 84 valence electrons. The maximum Gasteiger partial charge on any atom is 0.0512 e. The number of hydrogen-bond acceptors (Lipinski definition) is 3. The van der Waals surface area contributed by atoms with Crippen LogP contribution in [-0.2, 0) is 0 Å². The zero-order chi connectivity index (χ0) is 10.6. The molecule has 0 aromatic heterocycles. The van der Waals surface area contributed by atoms with Crippen molar-refractivity contribution < 1.29 is 0 Å². The van der Waals surface area contributed by atoms with Gasteiger partial charge < -0.3 is 5.32 Å². The minimum Gasteiger partial charge on any atom is -0.314 e. The predicted octanol–water partition coefficient (Wildman–Crippen LogP) is 0.968. The van der Waals surface area contributed by atoms with E-state index in [-0.39, 0.29) is 0 Å². The molecule has 0 amide bonds. The van der Waals surface area contributed by atoms with E-state index in [0.717, 1.165) is 19.8 Å². The average molecular weight is 199 g/mol. The van der Waals surface area contributed by atoms with Gasteiger partial charge in [-0.05, 0) is 27.7 Å². The Kier molecular flexibility index (Phi) is 4.85. The first-order valence-electron chi connectivity index (χ1n) is 5.80. The molecule has 0 spiro atoms. The van der Waals surface area contributed by atoms with Gasteiger partial charge in [0.15, 0.2) is 0 Å². The van der Waals surface area contributed by atoms with E-state index in [4.69, 9.17) is 0 Å². The van der Waals surface area contributed by atoms with Crippen molar-refractivity contribution in [2.75, 3.05) is 32.8 Å². The molecule has 0 aromatic rings. The molecule has 0 aromatic carbocycles. The second kappa shape index (κ2) is 5.69. The predicted molar refractivity (Wildman–Crippen MR) is 61.4 cm³/mol. The molecule has 0 atom stereocenters. The summed E-state index contributed by atoms with van der Waals surface area (Å²) in [5, 5.41) is 3.39. The molecule has 1 fully saturated rings. The lowest BCUT2D eigenvalue weighted by Crippen LogP contribution is -2.51. The second-order valence-corrected chi connectivity index (χ2v) is 4.71. The quantitative estimate of drug-likeness (QED) is 0.728. The van der Waals surface area contributed by atoms with Crippen LogP contribution in [0.4, 0.5) is 0 Å². The van der Waals surface area contributed by atoms with Gasteiger partial charge in [0.25, 0.3) is 0 Å². The molecular weight excluding hydrogens is 174 g/mol. The third kappa shape index (κ3) is 3.56. The van der Waals surface area contributed by atoms with Crippen molar-refractivity contribution in [3.8, 4) is 0 Å². The summed E-state index contributed by atoms with van der Waals surface area (Å²) in [5.41, 5.74) is 0. The van der Waals surface area contributed by atoms with Crippen molar-refractivity contribution >= 4 is 0 Å². The molecule has 0 aliphatic carbocycles. The lowest BCUT2D eigenvalue weighted by Gasteiger charge is -2.37. The van der Waals surface area contributed by atoms with Crippen LogP contribution >= 0.6 is 0 Å². The SMILES string of the molecule is CC(C)N(CN1CCNCC1)C(C)C. The fourth-order valence-corrected chi connectivity index (χ4v) is 2.01. The summed E-state index contributed by atoms with van der Waals surface area (Å²) in [4.78, 5) is 5.09. The van der Waals surface area contributed by atoms with E-state index < -0.39 is 0 Å². The summed E-state index contributed by atoms with van der Waals surface area (Å²) in [6.07, 6.45) is 0. The van der Waals surface area contributed by atoms with Crippen molar-refractivity contribution in [2.24, 2.45) is 0 Å². The van der Waals surface area contributed by atoms with E-state index in [1.807, 2.05) is 0 Å². The van der Waals surface area contributed by atoms with Crippen LogP contribution in [0.3, 0.4) is 0 Å². The van der Waals surface area contributed by atoms with Crippen molar-refractivity contribution in [3.63, 3.8) is 0 Å². The number of piperazine rings is 1. The normalized spacial score (nSPS) is 19.9. The lowest BCUT2D eigenvalue weighted by molar-refractivity contribution is 0.0705. The zero-order valence-corrected chi connectivity index (χ0v) is 10.1. The molecule has 0 saturated carbocycles. The van der Waals surface area contributed by atoms with E-state index in [1.165, 1.54) is 13.1 Å². The molecule has 1 saturated heterocycles. The van der Waals surface area contributed by atoms with Gasteiger partial charge in [0.2, 0.25) is 0 Å². The largest absolute Gasteiger partial charge is 0.314 e. The van der Waals surface area contributed by atoms with Gasteiger partial charge in [-0.1, -0.05) is 0 Å². The average Bonchev–Trinajstić information content (AvgIpc) is 2.15. The van der Waals surface area contributed by atoms with E-state index in [1.54, 1.807) is 0 Å². The first kappa shape index (κ1) is 12.0. The van der Waals surface area contributed by atoms with Gasteiger partial charge in [0, 0.05) is 38.3 Å². The summed E-state index contributed by atoms with van der Waals surface area (Å²) in [6, 6.07) is 1.29. The molecular formula is C11H25N3. The van der Waals surface area contributed by atoms with Gasteiger partial charge in [-0.15, -0.1) is 0 Å². The fourth-order valence-electron chi connectivity index (χ4n) is 2.01. The van der Waals surface area contributed by atoms with Gasteiger partial charge >= 0.3 is 0 Å². The summed E-state index contributed by atoms with van der Waals surface area (Å²) >= 11 is 0. The van der Waals surface area contributed by atoms with Gasteiger partial charge in [0.05, 0.1) is 6.67 Å². The van der Waals surface area contributed by atoms with Crippen molar-refractivity contribution in [1.29, 1.82) is 0 Å². The van der Waals surface area contributed by atoms with Crippen LogP contribution in [0.5, 0.6) is 0 Å². The fraction of sp³-hybridized carbons (Fsp3) is 1.00. The first-order valence-corrected chi connectivity index (χ1v) is 5.80. The van der Waals surface area contributed by atoms with Crippen LogP contribution < -0.4 is 5.32 Å². The van der Waals surface area contributed by atoms with Gasteiger partial charge in [-0.2, -0.15) is 0 Å². The highest BCUT2D eigenvalue weighted by atomic mass is 15.3. The number of nitrogens with zero attached hydrogens (tertiary/aromatic N) is 2. The molecule has 1 heterocycles. The lowest BCUT2D eigenvalue weighted by atomic mass is 10.2. The van der Waals surface area contributed by atoms with Crippen molar-refractivity contribution in [2.45, 2.75) is 39.8 Å². The Bertz CT molecular complexity index is 143. The molecule has 0 bridgehead atoms. The molecule has 14 heavy (non-hydrogen) atoms. The number of rotatable bonds is 4. The standard InChI is InChI=1S/C11H25N3/c1-10(2)14(11(3)4)9-13-7-5-12-6-8-13/h10-12H,5-9H2,1-4H3. The Labute approximate surface area is 88.5 Å². The first-order chi connectivity index (χ1) is 6.61. The van der Waals surface area contributed by atoms with E-state index in [9.17, 15) is 0 Å². The highest BCUT2D eigenvalue weighted by molar-refractivity contribution is 4.72. The van der Waals surface area contributed by atoms with Crippen LogP contribution in [0.2, 0.25) is 0 Å². The summed E-state index contributed by atoms with van der Waals surface area (Å²) in [5.74, 6) is 0. The van der Waals surface area contributed by atoms with Gasteiger partial charge in [-0.25, -0.2) is 0 Å². The maximum absolute atomic E-state index is 3.39. The molecule has 0 radical (unpaired) electrons. The molecule has 1 aliphatic rings. The second-order valence-electron chi connectivity index (χ2n) is 4.71. The summed E-state index contributed by atoms with van der Waals surface area (Å²) in [6.45, 7) is 14.9. The smallest absolute Gasteiger partial charge is 0.0512 e. The van der Waals surface area contributed by atoms with Crippen LogP contribution in [0.1, 0.15) is 27.7 Å². The van der Waals surface area contributed by atoms with Gasteiger partial charge in [-0.3, -0.25) is 9.80 Å². The van der Waals surface area contributed by atoms with Crippen molar-refractivity contribution in [1.82, 2.24) is 15.1 Å². The summed E-state index contributed by atoms with van der Waals surface area (Å²) < 4.78 is 0. The van der Waals surface area contributed by atoms with E-state index in [2.05, 4.69) is 42.8 Å². The van der Waals surface area contributed by atoms with Crippen LogP contribution in [0.15, 0.2) is 0 Å². The Hall–Kier alpha value is -0.120. The minimum atomic E-state index is 0.643. The Morgan fingerprint density at radius 3 is 2.00 bits per heavy atom. The molecule has 1 rings (SSSR count). The monoisotopic (exact) mass is 199 g/mol. The zero-order valence-electron chi connectivity index (χ0n) is 10.1. The van der Waals surface area contributed by atoms with Crippen molar-refractivity contribution in [3.05, 3.63) is 0 Å². The highest BCUT2D eigenvalue weighted by Gasteiger charge is 2.18. The highest BCUT2D eigenvalue weighted by Crippen LogP contribution is 2.06. The maximum atomic E-state index is 3.39. The summed E-state index contributed by atoms with van der Waals surface area (Å²) in [7, 11) is 0. The topological polar surface area (TPSA) is 18.5 Å². The minimum absolute atomic E-state index is 0.643. The Morgan fingerprint density at radius 2 is 1.57 bits per heavy atom. The van der Waals surface area contributed by atoms with Gasteiger partial charge in [0.1, 0.15) is 0 Å². The Balaban J connectivity index is 2.37. The molecule has 1 N–H and O–H groups in total. The Morgan fingerprint density at radius 1 is 1.07 bits per heavy atom. The molecule has 3 heteroatoms. The molecule has 0 unspecified atom stereocenters.